The number of aromatic nitrogens is 1. The highest BCUT2D eigenvalue weighted by Gasteiger charge is 2.24. The highest BCUT2D eigenvalue weighted by molar-refractivity contribution is 6.21. The Labute approximate surface area is 98.2 Å². The maximum absolute atomic E-state index is 13.3. The van der Waals surface area contributed by atoms with Gasteiger partial charge in [-0.2, -0.15) is 0 Å². The van der Waals surface area contributed by atoms with Crippen LogP contribution >= 0.6 is 11.6 Å². The summed E-state index contributed by atoms with van der Waals surface area (Å²) in [5.41, 5.74) is 0.0702. The minimum absolute atomic E-state index is 0.0254. The van der Waals surface area contributed by atoms with Gasteiger partial charge in [0.2, 0.25) is 0 Å². The van der Waals surface area contributed by atoms with Crippen LogP contribution < -0.4 is 0 Å². The Morgan fingerprint density at radius 3 is 3.12 bits per heavy atom. The van der Waals surface area contributed by atoms with Crippen molar-refractivity contribution in [3.8, 4) is 0 Å². The molecule has 0 spiro atoms. The molecule has 1 aromatic rings. The van der Waals surface area contributed by atoms with Crippen LogP contribution in [0.4, 0.5) is 4.39 Å². The van der Waals surface area contributed by atoms with Gasteiger partial charge in [-0.1, -0.05) is 0 Å². The third-order valence-corrected chi connectivity index (χ3v) is 3.01. The van der Waals surface area contributed by atoms with E-state index >= 15 is 0 Å². The number of nitrogens with zero attached hydrogens (tertiary/aromatic N) is 2. The first-order valence-corrected chi connectivity index (χ1v) is 5.65. The topological polar surface area (TPSA) is 33.2 Å². The van der Waals surface area contributed by atoms with Crippen LogP contribution in [0.25, 0.3) is 0 Å². The number of likely N-dealkylation sites (tertiary alicyclic amines) is 1. The predicted molar refractivity (Wildman–Crippen MR) is 59.0 cm³/mol. The van der Waals surface area contributed by atoms with Gasteiger partial charge >= 0.3 is 0 Å². The summed E-state index contributed by atoms with van der Waals surface area (Å²) in [4.78, 5) is 17.2. The van der Waals surface area contributed by atoms with Crippen LogP contribution in [0, 0.1) is 5.82 Å². The highest BCUT2D eigenvalue weighted by Crippen LogP contribution is 2.18. The van der Waals surface area contributed by atoms with E-state index in [-0.39, 0.29) is 16.8 Å². The number of carbonyl (C=O) groups excluding carboxylic acids is 1. The first kappa shape index (κ1) is 11.3. The van der Waals surface area contributed by atoms with Crippen molar-refractivity contribution >= 4 is 17.5 Å². The van der Waals surface area contributed by atoms with Crippen molar-refractivity contribution in [3.05, 3.63) is 29.8 Å². The molecule has 1 saturated heterocycles. The molecule has 5 heteroatoms. The number of carbonyl (C=O) groups is 1. The number of pyridine rings is 1. The van der Waals surface area contributed by atoms with Crippen molar-refractivity contribution in [2.24, 2.45) is 0 Å². The molecule has 2 rings (SSSR count). The van der Waals surface area contributed by atoms with Crippen molar-refractivity contribution in [3.63, 3.8) is 0 Å². The van der Waals surface area contributed by atoms with Gasteiger partial charge in [0.05, 0.1) is 17.1 Å². The molecule has 1 fully saturated rings. The van der Waals surface area contributed by atoms with Gasteiger partial charge in [0.25, 0.3) is 5.91 Å². The van der Waals surface area contributed by atoms with E-state index < -0.39 is 5.82 Å². The average Bonchev–Trinajstić information content (AvgIpc) is 2.29. The normalized spacial score (nSPS) is 20.9. The zero-order valence-corrected chi connectivity index (χ0v) is 9.45. The molecule has 16 heavy (non-hydrogen) atoms. The quantitative estimate of drug-likeness (QED) is 0.707. The van der Waals surface area contributed by atoms with Crippen LogP contribution in [0.5, 0.6) is 0 Å². The molecular formula is C11H12ClFN2O. The SMILES string of the molecule is O=C(c1ccncc1F)N1CCCC(Cl)C1. The third kappa shape index (κ3) is 2.32. The largest absolute Gasteiger partial charge is 0.337 e. The summed E-state index contributed by atoms with van der Waals surface area (Å²) in [6, 6.07) is 1.40. The van der Waals surface area contributed by atoms with Gasteiger partial charge in [-0.05, 0) is 18.9 Å². The number of rotatable bonds is 1. The molecule has 1 amide bonds. The lowest BCUT2D eigenvalue weighted by molar-refractivity contribution is 0.0722. The summed E-state index contributed by atoms with van der Waals surface area (Å²) in [5, 5.41) is -0.0254. The monoisotopic (exact) mass is 242 g/mol. The van der Waals surface area contributed by atoms with Gasteiger partial charge in [-0.25, -0.2) is 4.39 Å². The van der Waals surface area contributed by atoms with Crippen molar-refractivity contribution in [1.29, 1.82) is 0 Å². The second-order valence-corrected chi connectivity index (χ2v) is 4.46. The van der Waals surface area contributed by atoms with E-state index in [0.29, 0.717) is 13.1 Å². The van der Waals surface area contributed by atoms with E-state index in [9.17, 15) is 9.18 Å². The first-order valence-electron chi connectivity index (χ1n) is 5.21. The van der Waals surface area contributed by atoms with Crippen LogP contribution in [-0.2, 0) is 0 Å². The molecule has 1 aliphatic rings. The third-order valence-electron chi connectivity index (χ3n) is 2.65. The zero-order chi connectivity index (χ0) is 11.5. The molecule has 0 aliphatic carbocycles. The summed E-state index contributed by atoms with van der Waals surface area (Å²) < 4.78 is 13.3. The Balaban J connectivity index is 2.16. The average molecular weight is 243 g/mol. The number of hydrogen-bond acceptors (Lipinski definition) is 2. The van der Waals surface area contributed by atoms with Gasteiger partial charge in [-0.3, -0.25) is 9.78 Å². The lowest BCUT2D eigenvalue weighted by Crippen LogP contribution is -2.40. The zero-order valence-electron chi connectivity index (χ0n) is 8.70. The molecule has 1 unspecified atom stereocenters. The van der Waals surface area contributed by atoms with Crippen molar-refractivity contribution in [2.45, 2.75) is 18.2 Å². The fraction of sp³-hybridized carbons (Fsp3) is 0.455. The van der Waals surface area contributed by atoms with Crippen molar-refractivity contribution in [2.75, 3.05) is 13.1 Å². The minimum Gasteiger partial charge on any atom is -0.337 e. The molecular weight excluding hydrogens is 231 g/mol. The second kappa shape index (κ2) is 4.78. The Kier molecular flexibility index (Phi) is 3.39. The highest BCUT2D eigenvalue weighted by atomic mass is 35.5. The number of halogens is 2. The van der Waals surface area contributed by atoms with Crippen LogP contribution in [0.2, 0.25) is 0 Å². The second-order valence-electron chi connectivity index (χ2n) is 3.85. The van der Waals surface area contributed by atoms with Gasteiger partial charge in [0, 0.05) is 19.3 Å². The molecule has 0 N–H and O–H groups in total. The molecule has 0 aromatic carbocycles. The fourth-order valence-electron chi connectivity index (χ4n) is 1.83. The summed E-state index contributed by atoms with van der Waals surface area (Å²) in [6.07, 6.45) is 4.24. The van der Waals surface area contributed by atoms with E-state index in [1.807, 2.05) is 0 Å². The summed E-state index contributed by atoms with van der Waals surface area (Å²) in [6.45, 7) is 1.13. The van der Waals surface area contributed by atoms with Crippen LogP contribution in [0.3, 0.4) is 0 Å². The molecule has 2 heterocycles. The van der Waals surface area contributed by atoms with E-state index in [4.69, 9.17) is 11.6 Å². The smallest absolute Gasteiger partial charge is 0.256 e. The molecule has 1 aromatic heterocycles. The maximum Gasteiger partial charge on any atom is 0.256 e. The summed E-state index contributed by atoms with van der Waals surface area (Å²) >= 11 is 5.98. The number of alkyl halides is 1. The standard InChI is InChI=1S/C11H12ClFN2O/c12-8-2-1-5-15(7-8)11(16)9-3-4-14-6-10(9)13/h3-4,6,8H,1-2,5,7H2. The van der Waals surface area contributed by atoms with Crippen LogP contribution in [0.1, 0.15) is 23.2 Å². The van der Waals surface area contributed by atoms with Gasteiger partial charge < -0.3 is 4.90 Å². The molecule has 86 valence electrons. The van der Waals surface area contributed by atoms with E-state index in [0.717, 1.165) is 19.0 Å². The Hall–Kier alpha value is -1.16. The summed E-state index contributed by atoms with van der Waals surface area (Å²) in [7, 11) is 0. The molecule has 0 radical (unpaired) electrons. The number of piperidine rings is 1. The van der Waals surface area contributed by atoms with Crippen LogP contribution in [0.15, 0.2) is 18.5 Å². The van der Waals surface area contributed by atoms with Gasteiger partial charge in [0.15, 0.2) is 5.82 Å². The first-order chi connectivity index (χ1) is 7.68. The van der Waals surface area contributed by atoms with E-state index in [1.54, 1.807) is 4.90 Å². The Morgan fingerprint density at radius 2 is 2.44 bits per heavy atom. The predicted octanol–water partition coefficient (Wildman–Crippen LogP) is 2.06. The molecule has 0 saturated carbocycles. The van der Waals surface area contributed by atoms with Gasteiger partial charge in [0.1, 0.15) is 0 Å². The van der Waals surface area contributed by atoms with Crippen molar-refractivity contribution < 1.29 is 9.18 Å². The number of hydrogen-bond donors (Lipinski definition) is 0. The Morgan fingerprint density at radius 1 is 1.62 bits per heavy atom. The minimum atomic E-state index is -0.579. The molecule has 1 atom stereocenters. The van der Waals surface area contributed by atoms with Crippen molar-refractivity contribution in [1.82, 2.24) is 9.88 Å². The maximum atomic E-state index is 13.3. The summed E-state index contributed by atoms with van der Waals surface area (Å²) in [5.74, 6) is -0.880. The van der Waals surface area contributed by atoms with E-state index in [2.05, 4.69) is 4.98 Å². The molecule has 1 aliphatic heterocycles. The van der Waals surface area contributed by atoms with E-state index in [1.165, 1.54) is 12.3 Å². The molecule has 0 bridgehead atoms. The number of amides is 1. The molecule has 3 nitrogen and oxygen atoms in total. The lowest BCUT2D eigenvalue weighted by Gasteiger charge is -2.29. The van der Waals surface area contributed by atoms with Crippen LogP contribution in [-0.4, -0.2) is 34.3 Å². The fourth-order valence-corrected chi connectivity index (χ4v) is 2.15. The van der Waals surface area contributed by atoms with Gasteiger partial charge in [-0.15, -0.1) is 11.6 Å². The lowest BCUT2D eigenvalue weighted by atomic mass is 10.1. The Bertz CT molecular complexity index is 399.